The Bertz CT molecular complexity index is 644. The molecule has 0 saturated carbocycles. The number of hydrogen-bond acceptors (Lipinski definition) is 2. The summed E-state index contributed by atoms with van der Waals surface area (Å²) in [5.41, 5.74) is 1.44. The van der Waals surface area contributed by atoms with Crippen molar-refractivity contribution >= 4 is 0 Å². The van der Waals surface area contributed by atoms with Crippen molar-refractivity contribution in [3.63, 3.8) is 0 Å². The normalized spacial score (nSPS) is 16.8. The summed E-state index contributed by atoms with van der Waals surface area (Å²) in [6, 6.07) is 3.69. The molecule has 1 rings (SSSR count). The minimum Gasteiger partial charge on any atom is -0.508 e. The fraction of sp³-hybridized carbons (Fsp3) is 0.778. The SMILES string of the molecule is CCC(C)(CC(C)CC(C)C)c1cc(O)c(C(C)(C)CC(C)CC(C)C)cc1O. The Labute approximate surface area is 181 Å². The van der Waals surface area contributed by atoms with Crippen molar-refractivity contribution in [2.24, 2.45) is 23.7 Å². The summed E-state index contributed by atoms with van der Waals surface area (Å²) in [5, 5.41) is 22.0. The van der Waals surface area contributed by atoms with Gasteiger partial charge < -0.3 is 10.2 Å². The molecule has 0 saturated heterocycles. The second kappa shape index (κ2) is 10.2. The third kappa shape index (κ3) is 7.23. The molecule has 0 bridgehead atoms. The van der Waals surface area contributed by atoms with Gasteiger partial charge in [0.15, 0.2) is 0 Å². The van der Waals surface area contributed by atoms with Gasteiger partial charge in [-0.25, -0.2) is 0 Å². The van der Waals surface area contributed by atoms with Gasteiger partial charge in [-0.3, -0.25) is 0 Å². The maximum atomic E-state index is 11.0. The molecule has 2 N–H and O–H groups in total. The lowest BCUT2D eigenvalue weighted by atomic mass is 9.70. The number of phenols is 2. The van der Waals surface area contributed by atoms with Crippen LogP contribution in [0.15, 0.2) is 12.1 Å². The molecule has 0 amide bonds. The van der Waals surface area contributed by atoms with E-state index >= 15 is 0 Å². The Morgan fingerprint density at radius 3 is 1.59 bits per heavy atom. The van der Waals surface area contributed by atoms with Gasteiger partial charge in [-0.2, -0.15) is 0 Å². The van der Waals surface area contributed by atoms with Gasteiger partial charge >= 0.3 is 0 Å². The topological polar surface area (TPSA) is 40.5 Å². The van der Waals surface area contributed by atoms with Gasteiger partial charge in [-0.1, -0.05) is 69.2 Å². The smallest absolute Gasteiger partial charge is 0.119 e. The summed E-state index contributed by atoms with van der Waals surface area (Å²) in [5.74, 6) is 3.16. The van der Waals surface area contributed by atoms with E-state index in [0.29, 0.717) is 35.2 Å². The van der Waals surface area contributed by atoms with Crippen LogP contribution < -0.4 is 0 Å². The third-order valence-electron chi connectivity index (χ3n) is 6.68. The highest BCUT2D eigenvalue weighted by Crippen LogP contribution is 2.46. The van der Waals surface area contributed by atoms with E-state index in [1.165, 1.54) is 12.8 Å². The van der Waals surface area contributed by atoms with E-state index in [1.807, 2.05) is 12.1 Å². The first-order valence-corrected chi connectivity index (χ1v) is 11.8. The van der Waals surface area contributed by atoms with Crippen LogP contribution in [0.2, 0.25) is 0 Å². The van der Waals surface area contributed by atoms with Crippen molar-refractivity contribution in [1.82, 2.24) is 0 Å². The van der Waals surface area contributed by atoms with Crippen molar-refractivity contribution < 1.29 is 10.2 Å². The molecule has 2 heteroatoms. The van der Waals surface area contributed by atoms with Crippen molar-refractivity contribution in [3.8, 4) is 11.5 Å². The molecular weight excluding hydrogens is 356 g/mol. The number of rotatable bonds is 11. The van der Waals surface area contributed by atoms with Crippen LogP contribution in [0.1, 0.15) is 112 Å². The molecule has 0 aromatic heterocycles. The maximum Gasteiger partial charge on any atom is 0.119 e. The zero-order valence-corrected chi connectivity index (χ0v) is 20.9. The van der Waals surface area contributed by atoms with E-state index in [9.17, 15) is 10.2 Å². The van der Waals surface area contributed by atoms with E-state index in [4.69, 9.17) is 0 Å². The van der Waals surface area contributed by atoms with Gasteiger partial charge in [-0.05, 0) is 78.7 Å². The highest BCUT2D eigenvalue weighted by Gasteiger charge is 2.33. The van der Waals surface area contributed by atoms with Crippen molar-refractivity contribution in [3.05, 3.63) is 23.3 Å². The molecule has 0 aliphatic rings. The van der Waals surface area contributed by atoms with Gasteiger partial charge in [0.1, 0.15) is 11.5 Å². The molecule has 0 fully saturated rings. The standard InChI is InChI=1S/C27H48O2/c1-11-27(10,17-21(7)13-19(4)5)23-15-24(28)22(14-25(23)29)26(8,9)16-20(6)12-18(2)3/h14-15,18-21,28-29H,11-13,16-17H2,1-10H3. The molecule has 3 atom stereocenters. The van der Waals surface area contributed by atoms with Crippen molar-refractivity contribution in [1.29, 1.82) is 0 Å². The summed E-state index contributed by atoms with van der Waals surface area (Å²) in [6.07, 6.45) is 5.31. The van der Waals surface area contributed by atoms with Gasteiger partial charge in [0.05, 0.1) is 0 Å². The quantitative estimate of drug-likeness (QED) is 0.365. The van der Waals surface area contributed by atoms with Crippen LogP contribution in [0.4, 0.5) is 0 Å². The Balaban J connectivity index is 3.20. The van der Waals surface area contributed by atoms with E-state index in [-0.39, 0.29) is 10.8 Å². The maximum absolute atomic E-state index is 11.0. The molecule has 0 aliphatic heterocycles. The van der Waals surface area contributed by atoms with Crippen LogP contribution >= 0.6 is 0 Å². The highest BCUT2D eigenvalue weighted by molar-refractivity contribution is 5.51. The lowest BCUT2D eigenvalue weighted by molar-refractivity contribution is 0.295. The fourth-order valence-corrected chi connectivity index (χ4v) is 5.57. The molecule has 0 heterocycles. The largest absolute Gasteiger partial charge is 0.508 e. The summed E-state index contributed by atoms with van der Waals surface area (Å²) < 4.78 is 0. The van der Waals surface area contributed by atoms with Crippen LogP contribution in [-0.4, -0.2) is 10.2 Å². The summed E-state index contributed by atoms with van der Waals surface area (Å²) in [6.45, 7) is 22.4. The number of phenolic OH excluding ortho intramolecular Hbond substituents is 2. The Morgan fingerprint density at radius 1 is 0.724 bits per heavy atom. The van der Waals surface area contributed by atoms with Crippen molar-refractivity contribution in [2.75, 3.05) is 0 Å². The van der Waals surface area contributed by atoms with Gasteiger partial charge in [0.25, 0.3) is 0 Å². The summed E-state index contributed by atoms with van der Waals surface area (Å²) >= 11 is 0. The van der Waals surface area contributed by atoms with Gasteiger partial charge in [0, 0.05) is 11.1 Å². The average Bonchev–Trinajstić information content (AvgIpc) is 2.53. The van der Waals surface area contributed by atoms with Crippen LogP contribution in [0.3, 0.4) is 0 Å². The summed E-state index contributed by atoms with van der Waals surface area (Å²) in [7, 11) is 0. The molecule has 0 radical (unpaired) electrons. The zero-order valence-electron chi connectivity index (χ0n) is 20.9. The lowest BCUT2D eigenvalue weighted by Crippen LogP contribution is -2.26. The minimum absolute atomic E-state index is 0.135. The van der Waals surface area contributed by atoms with E-state index < -0.39 is 0 Å². The van der Waals surface area contributed by atoms with Crippen LogP contribution in [-0.2, 0) is 10.8 Å². The minimum atomic E-state index is -0.179. The first kappa shape index (κ1) is 25.9. The Kier molecular flexibility index (Phi) is 9.12. The lowest BCUT2D eigenvalue weighted by Gasteiger charge is -2.35. The van der Waals surface area contributed by atoms with Gasteiger partial charge in [0.2, 0.25) is 0 Å². The van der Waals surface area contributed by atoms with E-state index in [2.05, 4.69) is 69.2 Å². The second-order valence-corrected chi connectivity index (χ2v) is 11.6. The second-order valence-electron chi connectivity index (χ2n) is 11.6. The number of aromatic hydroxyl groups is 2. The molecule has 29 heavy (non-hydrogen) atoms. The molecule has 0 aliphatic carbocycles. The third-order valence-corrected chi connectivity index (χ3v) is 6.68. The van der Waals surface area contributed by atoms with Crippen LogP contribution in [0.25, 0.3) is 0 Å². The Hall–Kier alpha value is -1.18. The molecule has 1 aromatic rings. The fourth-order valence-electron chi connectivity index (χ4n) is 5.57. The molecular formula is C27H48O2. The predicted octanol–water partition coefficient (Wildman–Crippen LogP) is 8.19. The molecule has 1 aromatic carbocycles. The van der Waals surface area contributed by atoms with E-state index in [1.54, 1.807) is 0 Å². The average molecular weight is 405 g/mol. The Morgan fingerprint density at radius 2 is 1.14 bits per heavy atom. The van der Waals surface area contributed by atoms with Crippen molar-refractivity contribution in [2.45, 2.75) is 112 Å². The predicted molar refractivity (Wildman–Crippen MR) is 127 cm³/mol. The van der Waals surface area contributed by atoms with Crippen LogP contribution in [0, 0.1) is 23.7 Å². The monoisotopic (exact) mass is 404 g/mol. The van der Waals surface area contributed by atoms with E-state index in [0.717, 1.165) is 30.4 Å². The zero-order chi connectivity index (χ0) is 22.6. The number of benzene rings is 1. The first-order chi connectivity index (χ1) is 13.2. The highest BCUT2D eigenvalue weighted by atomic mass is 16.3. The summed E-state index contributed by atoms with van der Waals surface area (Å²) in [4.78, 5) is 0. The molecule has 0 spiro atoms. The molecule has 2 nitrogen and oxygen atoms in total. The molecule has 168 valence electrons. The van der Waals surface area contributed by atoms with Gasteiger partial charge in [-0.15, -0.1) is 0 Å². The first-order valence-electron chi connectivity index (χ1n) is 11.8. The number of hydrogen-bond donors (Lipinski definition) is 2. The molecule has 3 unspecified atom stereocenters. The van der Waals surface area contributed by atoms with Crippen LogP contribution in [0.5, 0.6) is 11.5 Å².